The van der Waals surface area contributed by atoms with Crippen LogP contribution in [0.5, 0.6) is 0 Å². The first-order valence-electron chi connectivity index (χ1n) is 7.54. The minimum atomic E-state index is -0.447. The van der Waals surface area contributed by atoms with Crippen LogP contribution in [0.3, 0.4) is 0 Å². The first-order valence-corrected chi connectivity index (χ1v) is 8.36. The molecule has 3 amide bonds. The molecule has 0 aliphatic rings. The Balaban J connectivity index is 1.80. The van der Waals surface area contributed by atoms with Gasteiger partial charge in [-0.05, 0) is 25.1 Å². The summed E-state index contributed by atoms with van der Waals surface area (Å²) in [4.78, 5) is 29.8. The molecule has 6 nitrogen and oxygen atoms in total. The van der Waals surface area contributed by atoms with Crippen LogP contribution in [0.4, 0.5) is 4.79 Å². The Hall–Kier alpha value is -1.99. The summed E-state index contributed by atoms with van der Waals surface area (Å²) in [6.07, 6.45) is 0. The van der Waals surface area contributed by atoms with E-state index in [0.717, 1.165) is 15.2 Å². The van der Waals surface area contributed by atoms with Crippen molar-refractivity contribution in [2.24, 2.45) is 5.92 Å². The molecule has 2 rings (SSSR count). The van der Waals surface area contributed by atoms with E-state index in [9.17, 15) is 9.59 Å². The molecule has 0 radical (unpaired) electrons. The summed E-state index contributed by atoms with van der Waals surface area (Å²) in [5.74, 6) is 0.0208. The minimum Gasteiger partial charge on any atom is -0.338 e. The van der Waals surface area contributed by atoms with Crippen LogP contribution in [0.15, 0.2) is 24.3 Å². The maximum absolute atomic E-state index is 11.8. The van der Waals surface area contributed by atoms with E-state index < -0.39 is 6.03 Å². The molecular formula is C16H22N4O2S. The zero-order chi connectivity index (χ0) is 16.8. The van der Waals surface area contributed by atoms with Crippen molar-refractivity contribution in [3.05, 3.63) is 29.3 Å². The van der Waals surface area contributed by atoms with E-state index in [0.29, 0.717) is 19.0 Å². The van der Waals surface area contributed by atoms with Gasteiger partial charge in [0.2, 0.25) is 5.91 Å². The highest BCUT2D eigenvalue weighted by Gasteiger charge is 2.12. The van der Waals surface area contributed by atoms with E-state index in [-0.39, 0.29) is 12.5 Å². The Kier molecular flexibility index (Phi) is 6.06. The first kappa shape index (κ1) is 17.4. The van der Waals surface area contributed by atoms with Crippen molar-refractivity contribution in [3.63, 3.8) is 0 Å². The average molecular weight is 334 g/mol. The van der Waals surface area contributed by atoms with Crippen LogP contribution < -0.4 is 10.6 Å². The molecule has 23 heavy (non-hydrogen) atoms. The third-order valence-electron chi connectivity index (χ3n) is 3.08. The maximum atomic E-state index is 11.8. The molecule has 2 N–H and O–H groups in total. The number of imide groups is 1. The second-order valence-electron chi connectivity index (χ2n) is 5.90. The number of benzene rings is 1. The van der Waals surface area contributed by atoms with Gasteiger partial charge in [-0.1, -0.05) is 26.0 Å². The molecule has 0 spiro atoms. The number of aromatic nitrogens is 1. The SMILES string of the molecule is CC(C)CNC(=O)NC(=O)CN(C)Cc1nc2ccccc2s1. The fraction of sp³-hybridized carbons (Fsp3) is 0.438. The summed E-state index contributed by atoms with van der Waals surface area (Å²) >= 11 is 1.61. The van der Waals surface area contributed by atoms with Gasteiger partial charge in [-0.15, -0.1) is 11.3 Å². The van der Waals surface area contributed by atoms with Crippen molar-refractivity contribution >= 4 is 33.5 Å². The van der Waals surface area contributed by atoms with Crippen molar-refractivity contribution in [2.45, 2.75) is 20.4 Å². The van der Waals surface area contributed by atoms with Crippen LogP contribution >= 0.6 is 11.3 Å². The first-order chi connectivity index (χ1) is 10.9. The lowest BCUT2D eigenvalue weighted by atomic mass is 10.2. The summed E-state index contributed by atoms with van der Waals surface area (Å²) in [6.45, 7) is 5.24. The van der Waals surface area contributed by atoms with Crippen molar-refractivity contribution in [2.75, 3.05) is 20.1 Å². The molecule has 2 aromatic rings. The number of fused-ring (bicyclic) bond motifs is 1. The largest absolute Gasteiger partial charge is 0.338 e. The zero-order valence-electron chi connectivity index (χ0n) is 13.6. The number of amides is 3. The number of carbonyl (C=O) groups is 2. The van der Waals surface area contributed by atoms with Crippen molar-refractivity contribution in [3.8, 4) is 0 Å². The Labute approximate surface area is 139 Å². The van der Waals surface area contributed by atoms with E-state index in [4.69, 9.17) is 0 Å². The molecule has 0 bridgehead atoms. The van der Waals surface area contributed by atoms with Crippen molar-refractivity contribution in [1.82, 2.24) is 20.5 Å². The van der Waals surface area contributed by atoms with Gasteiger partial charge in [0.25, 0.3) is 0 Å². The molecule has 1 aromatic heterocycles. The van der Waals surface area contributed by atoms with Gasteiger partial charge < -0.3 is 5.32 Å². The van der Waals surface area contributed by atoms with Gasteiger partial charge in [-0.3, -0.25) is 15.0 Å². The van der Waals surface area contributed by atoms with Crippen LogP contribution in [-0.4, -0.2) is 42.0 Å². The Bertz CT molecular complexity index is 651. The number of likely N-dealkylation sites (N-methyl/N-ethyl adjacent to an activating group) is 1. The molecule has 0 aliphatic heterocycles. The number of hydrogen-bond donors (Lipinski definition) is 2. The van der Waals surface area contributed by atoms with Crippen LogP contribution in [0, 0.1) is 5.92 Å². The molecule has 1 heterocycles. The topological polar surface area (TPSA) is 74.3 Å². The van der Waals surface area contributed by atoms with Gasteiger partial charge in [-0.25, -0.2) is 9.78 Å². The molecule has 124 valence electrons. The van der Waals surface area contributed by atoms with Crippen LogP contribution in [0.25, 0.3) is 10.2 Å². The van der Waals surface area contributed by atoms with Gasteiger partial charge in [0.05, 0.1) is 23.3 Å². The number of hydrogen-bond acceptors (Lipinski definition) is 5. The van der Waals surface area contributed by atoms with E-state index in [1.54, 1.807) is 11.3 Å². The molecule has 7 heteroatoms. The van der Waals surface area contributed by atoms with Crippen molar-refractivity contribution < 1.29 is 9.59 Å². The number of urea groups is 1. The summed E-state index contributed by atoms with van der Waals surface area (Å²) in [6, 6.07) is 7.50. The van der Waals surface area contributed by atoms with Crippen LogP contribution in [-0.2, 0) is 11.3 Å². The summed E-state index contributed by atoms with van der Waals surface area (Å²) in [5, 5.41) is 5.93. The second-order valence-corrected chi connectivity index (χ2v) is 7.01. The van der Waals surface area contributed by atoms with E-state index >= 15 is 0 Å². The van der Waals surface area contributed by atoms with Gasteiger partial charge in [0, 0.05) is 6.54 Å². The van der Waals surface area contributed by atoms with Crippen LogP contribution in [0.1, 0.15) is 18.9 Å². The van der Waals surface area contributed by atoms with Gasteiger partial charge in [0.1, 0.15) is 5.01 Å². The molecule has 0 unspecified atom stereocenters. The highest BCUT2D eigenvalue weighted by atomic mass is 32.1. The van der Waals surface area contributed by atoms with Gasteiger partial charge >= 0.3 is 6.03 Å². The molecule has 0 aliphatic carbocycles. The van der Waals surface area contributed by atoms with Crippen molar-refractivity contribution in [1.29, 1.82) is 0 Å². The molecule has 0 saturated carbocycles. The highest BCUT2D eigenvalue weighted by Crippen LogP contribution is 2.22. The monoisotopic (exact) mass is 334 g/mol. The molecule has 0 saturated heterocycles. The van der Waals surface area contributed by atoms with E-state index in [1.165, 1.54) is 0 Å². The fourth-order valence-corrected chi connectivity index (χ4v) is 3.07. The normalized spacial score (nSPS) is 11.2. The smallest absolute Gasteiger partial charge is 0.321 e. The lowest BCUT2D eigenvalue weighted by Gasteiger charge is -2.14. The Morgan fingerprint density at radius 1 is 1.30 bits per heavy atom. The Morgan fingerprint density at radius 3 is 2.74 bits per heavy atom. The number of thiazole rings is 1. The average Bonchev–Trinajstić information content (AvgIpc) is 2.86. The standard InChI is InChI=1S/C16H22N4O2S/c1-11(2)8-17-16(22)19-14(21)9-20(3)10-15-18-12-6-4-5-7-13(12)23-15/h4-7,11H,8-10H2,1-3H3,(H2,17,19,21,22). The minimum absolute atomic E-state index is 0.144. The number of para-hydroxylation sites is 1. The quantitative estimate of drug-likeness (QED) is 0.849. The predicted octanol–water partition coefficient (Wildman–Crippen LogP) is 2.21. The number of nitrogens with zero attached hydrogens (tertiary/aromatic N) is 2. The Morgan fingerprint density at radius 2 is 2.04 bits per heavy atom. The summed E-state index contributed by atoms with van der Waals surface area (Å²) in [5.41, 5.74) is 0.971. The molecule has 0 atom stereocenters. The summed E-state index contributed by atoms with van der Waals surface area (Å²) < 4.78 is 1.13. The summed E-state index contributed by atoms with van der Waals surface area (Å²) in [7, 11) is 1.83. The number of carbonyl (C=O) groups excluding carboxylic acids is 2. The van der Waals surface area contributed by atoms with Gasteiger partial charge in [0.15, 0.2) is 0 Å². The molecule has 1 aromatic carbocycles. The third-order valence-corrected chi connectivity index (χ3v) is 4.10. The van der Waals surface area contributed by atoms with Crippen LogP contribution in [0.2, 0.25) is 0 Å². The molecular weight excluding hydrogens is 312 g/mol. The fourth-order valence-electron chi connectivity index (χ4n) is 2.03. The lowest BCUT2D eigenvalue weighted by Crippen LogP contribution is -2.44. The highest BCUT2D eigenvalue weighted by molar-refractivity contribution is 7.18. The number of nitrogens with one attached hydrogen (secondary N) is 2. The lowest BCUT2D eigenvalue weighted by molar-refractivity contribution is -0.120. The predicted molar refractivity (Wildman–Crippen MR) is 92.3 cm³/mol. The third kappa shape index (κ3) is 5.61. The second kappa shape index (κ2) is 8.03. The van der Waals surface area contributed by atoms with E-state index in [2.05, 4.69) is 15.6 Å². The zero-order valence-corrected chi connectivity index (χ0v) is 14.4. The number of rotatable bonds is 6. The van der Waals surface area contributed by atoms with E-state index in [1.807, 2.05) is 50.1 Å². The molecule has 0 fully saturated rings. The maximum Gasteiger partial charge on any atom is 0.321 e. The van der Waals surface area contributed by atoms with Gasteiger partial charge in [-0.2, -0.15) is 0 Å².